The van der Waals surface area contributed by atoms with Crippen molar-refractivity contribution in [2.45, 2.75) is 77.9 Å². The van der Waals surface area contributed by atoms with Crippen LogP contribution in [0.3, 0.4) is 0 Å². The van der Waals surface area contributed by atoms with Crippen LogP contribution in [0, 0.1) is 18.8 Å². The smallest absolute Gasteiger partial charge is 0.254 e. The summed E-state index contributed by atoms with van der Waals surface area (Å²) in [5.41, 5.74) is 2.65. The van der Waals surface area contributed by atoms with Crippen LogP contribution in [0.1, 0.15) is 68.8 Å². The zero-order valence-corrected chi connectivity index (χ0v) is 22.8. The molecule has 0 bridgehead atoms. The van der Waals surface area contributed by atoms with Crippen molar-refractivity contribution in [2.24, 2.45) is 11.8 Å². The van der Waals surface area contributed by atoms with Gasteiger partial charge in [-0.15, -0.1) is 0 Å². The van der Waals surface area contributed by atoms with Crippen molar-refractivity contribution in [3.8, 4) is 0 Å². The molecule has 1 saturated carbocycles. The van der Waals surface area contributed by atoms with E-state index >= 15 is 0 Å². The monoisotopic (exact) mass is 490 g/mol. The summed E-state index contributed by atoms with van der Waals surface area (Å²) in [6.07, 6.45) is 5.57. The van der Waals surface area contributed by atoms with E-state index < -0.39 is 0 Å². The largest absolute Gasteiger partial charge is 0.369 e. The molecule has 1 saturated heterocycles. The fourth-order valence-corrected chi connectivity index (χ4v) is 6.14. The molecule has 0 spiro atoms. The second kappa shape index (κ2) is 11.3. The highest BCUT2D eigenvalue weighted by Crippen LogP contribution is 2.34. The number of benzene rings is 1. The maximum absolute atomic E-state index is 13.5. The van der Waals surface area contributed by atoms with Gasteiger partial charge in [-0.05, 0) is 90.6 Å². The SMILES string of the molecule is CCN(c1cc(Cl)cc(C(=O)N(C)CC2C(=O)NC(C)CC2C)c1C)C1CCC(N(C)C)CC1. The van der Waals surface area contributed by atoms with Gasteiger partial charge in [0.05, 0.1) is 5.92 Å². The van der Waals surface area contributed by atoms with Gasteiger partial charge in [0.1, 0.15) is 0 Å². The molecule has 0 aromatic heterocycles. The van der Waals surface area contributed by atoms with Gasteiger partial charge in [-0.2, -0.15) is 0 Å². The van der Waals surface area contributed by atoms with Crippen molar-refractivity contribution in [1.29, 1.82) is 0 Å². The lowest BCUT2D eigenvalue weighted by atomic mass is 9.84. The molecular weight excluding hydrogens is 448 g/mol. The number of hydrogen-bond donors (Lipinski definition) is 1. The van der Waals surface area contributed by atoms with E-state index in [1.165, 1.54) is 12.8 Å². The van der Waals surface area contributed by atoms with Crippen LogP contribution < -0.4 is 10.2 Å². The van der Waals surface area contributed by atoms with E-state index in [2.05, 4.69) is 43.1 Å². The molecule has 190 valence electrons. The molecule has 1 aromatic carbocycles. The Morgan fingerprint density at radius 3 is 2.26 bits per heavy atom. The Bertz CT molecular complexity index is 882. The van der Waals surface area contributed by atoms with E-state index in [-0.39, 0.29) is 29.7 Å². The summed E-state index contributed by atoms with van der Waals surface area (Å²) in [4.78, 5) is 32.6. The number of anilines is 1. The minimum Gasteiger partial charge on any atom is -0.369 e. The summed E-state index contributed by atoms with van der Waals surface area (Å²) in [5.74, 6) is 0.0122. The van der Waals surface area contributed by atoms with Crippen LogP contribution in [0.15, 0.2) is 12.1 Å². The van der Waals surface area contributed by atoms with Gasteiger partial charge in [0.25, 0.3) is 5.91 Å². The molecule has 1 aliphatic heterocycles. The van der Waals surface area contributed by atoms with Crippen LogP contribution >= 0.6 is 11.6 Å². The highest BCUT2D eigenvalue weighted by molar-refractivity contribution is 6.31. The van der Waals surface area contributed by atoms with Crippen molar-refractivity contribution < 1.29 is 9.59 Å². The van der Waals surface area contributed by atoms with Gasteiger partial charge in [-0.3, -0.25) is 9.59 Å². The first-order valence-corrected chi connectivity index (χ1v) is 13.2. The number of halogens is 1. The summed E-state index contributed by atoms with van der Waals surface area (Å²) in [5, 5.41) is 3.61. The normalized spacial score (nSPS) is 27.4. The van der Waals surface area contributed by atoms with E-state index in [0.717, 1.165) is 37.1 Å². The number of nitrogens with zero attached hydrogens (tertiary/aromatic N) is 3. The molecule has 3 rings (SSSR count). The van der Waals surface area contributed by atoms with E-state index in [9.17, 15) is 9.59 Å². The molecule has 1 aromatic rings. The molecule has 2 aliphatic rings. The summed E-state index contributed by atoms with van der Waals surface area (Å²) < 4.78 is 0. The first kappa shape index (κ1) is 26.8. The van der Waals surface area contributed by atoms with Crippen molar-refractivity contribution >= 4 is 29.1 Å². The molecule has 1 heterocycles. The second-order valence-electron chi connectivity index (χ2n) is 10.7. The highest BCUT2D eigenvalue weighted by Gasteiger charge is 2.34. The Labute approximate surface area is 211 Å². The number of rotatable bonds is 7. The molecule has 1 N–H and O–H groups in total. The van der Waals surface area contributed by atoms with Gasteiger partial charge in [-0.25, -0.2) is 0 Å². The zero-order valence-electron chi connectivity index (χ0n) is 22.0. The third-order valence-corrected chi connectivity index (χ3v) is 8.24. The molecule has 6 nitrogen and oxygen atoms in total. The second-order valence-corrected chi connectivity index (χ2v) is 11.2. The average Bonchev–Trinajstić information content (AvgIpc) is 2.78. The summed E-state index contributed by atoms with van der Waals surface area (Å²) >= 11 is 6.56. The Morgan fingerprint density at radius 1 is 1.09 bits per heavy atom. The third kappa shape index (κ3) is 5.88. The summed E-state index contributed by atoms with van der Waals surface area (Å²) in [6, 6.07) is 5.07. The van der Waals surface area contributed by atoms with E-state index in [0.29, 0.717) is 29.2 Å². The fourth-order valence-electron chi connectivity index (χ4n) is 5.93. The van der Waals surface area contributed by atoms with E-state index in [4.69, 9.17) is 11.6 Å². The molecule has 2 fully saturated rings. The number of carbonyl (C=O) groups is 2. The van der Waals surface area contributed by atoms with Crippen LogP contribution in [0.2, 0.25) is 5.02 Å². The number of carbonyl (C=O) groups excluding carboxylic acids is 2. The quantitative estimate of drug-likeness (QED) is 0.607. The predicted molar refractivity (Wildman–Crippen MR) is 141 cm³/mol. The van der Waals surface area contributed by atoms with Crippen LogP contribution in [0.5, 0.6) is 0 Å². The van der Waals surface area contributed by atoms with Gasteiger partial charge >= 0.3 is 0 Å². The zero-order chi connectivity index (χ0) is 25.2. The van der Waals surface area contributed by atoms with Crippen LogP contribution in [0.25, 0.3) is 0 Å². The minimum atomic E-state index is -0.192. The lowest BCUT2D eigenvalue weighted by Gasteiger charge is -2.40. The van der Waals surface area contributed by atoms with Gasteiger partial charge in [-0.1, -0.05) is 18.5 Å². The highest BCUT2D eigenvalue weighted by atomic mass is 35.5. The fraction of sp³-hybridized carbons (Fsp3) is 0.704. The van der Waals surface area contributed by atoms with Crippen LogP contribution in [-0.4, -0.2) is 74.0 Å². The topological polar surface area (TPSA) is 55.9 Å². The van der Waals surface area contributed by atoms with E-state index in [1.807, 2.05) is 19.9 Å². The van der Waals surface area contributed by atoms with Gasteiger partial charge in [0.15, 0.2) is 0 Å². The number of amides is 2. The molecule has 0 radical (unpaired) electrons. The van der Waals surface area contributed by atoms with Crippen molar-refractivity contribution in [1.82, 2.24) is 15.1 Å². The first-order valence-electron chi connectivity index (χ1n) is 12.8. The average molecular weight is 491 g/mol. The molecule has 1 aliphatic carbocycles. The third-order valence-electron chi connectivity index (χ3n) is 8.02. The Morgan fingerprint density at radius 2 is 1.71 bits per heavy atom. The van der Waals surface area contributed by atoms with Crippen LogP contribution in [0.4, 0.5) is 5.69 Å². The maximum atomic E-state index is 13.5. The standard InChI is InChI=1S/C27H43ClN4O2/c1-8-32(22-11-9-21(10-12-22)30(5)6)25-15-20(28)14-23(19(25)4)27(34)31(7)16-24-17(2)13-18(3)29-26(24)33/h14-15,17-18,21-22,24H,8-13,16H2,1-7H3,(H,29,33). The van der Waals surface area contributed by atoms with Gasteiger partial charge in [0.2, 0.25) is 5.91 Å². The van der Waals surface area contributed by atoms with Crippen LogP contribution in [-0.2, 0) is 4.79 Å². The Hall–Kier alpha value is -1.79. The van der Waals surface area contributed by atoms with Gasteiger partial charge in [0, 0.05) is 54.5 Å². The number of nitrogens with one attached hydrogen (secondary N) is 1. The lowest BCUT2D eigenvalue weighted by molar-refractivity contribution is -0.130. The molecular formula is C27H43ClN4O2. The van der Waals surface area contributed by atoms with E-state index in [1.54, 1.807) is 18.0 Å². The maximum Gasteiger partial charge on any atom is 0.254 e. The lowest BCUT2D eigenvalue weighted by Crippen LogP contribution is -2.50. The molecule has 7 heteroatoms. The van der Waals surface area contributed by atoms with Gasteiger partial charge < -0.3 is 20.0 Å². The van der Waals surface area contributed by atoms with Crippen molar-refractivity contribution in [3.63, 3.8) is 0 Å². The molecule has 34 heavy (non-hydrogen) atoms. The minimum absolute atomic E-state index is 0.0416. The number of piperidine rings is 1. The molecule has 2 amide bonds. The van der Waals surface area contributed by atoms with Crippen molar-refractivity contribution in [3.05, 3.63) is 28.3 Å². The number of hydrogen-bond acceptors (Lipinski definition) is 4. The molecule has 3 unspecified atom stereocenters. The van der Waals surface area contributed by atoms with Crippen molar-refractivity contribution in [2.75, 3.05) is 39.1 Å². The summed E-state index contributed by atoms with van der Waals surface area (Å²) in [6.45, 7) is 9.62. The summed E-state index contributed by atoms with van der Waals surface area (Å²) in [7, 11) is 6.12. The predicted octanol–water partition coefficient (Wildman–Crippen LogP) is 4.58. The molecule has 3 atom stereocenters. The first-order chi connectivity index (χ1) is 16.0. The Kier molecular flexibility index (Phi) is 8.91. The Balaban J connectivity index is 1.80.